The van der Waals surface area contributed by atoms with E-state index in [-0.39, 0.29) is 19.7 Å². The van der Waals surface area contributed by atoms with Crippen LogP contribution in [-0.4, -0.2) is 64.1 Å². The first-order chi connectivity index (χ1) is 8.92. The third-order valence-corrected chi connectivity index (χ3v) is 4.02. The van der Waals surface area contributed by atoms with Gasteiger partial charge in [0.25, 0.3) is 0 Å². The van der Waals surface area contributed by atoms with E-state index in [2.05, 4.69) is 15.4 Å². The van der Waals surface area contributed by atoms with Crippen molar-refractivity contribution in [3.63, 3.8) is 0 Å². The second-order valence-electron chi connectivity index (χ2n) is 3.77. The molecule has 19 heavy (non-hydrogen) atoms. The number of carbonyl (C=O) groups excluding carboxylic acids is 2. The van der Waals surface area contributed by atoms with Gasteiger partial charge in [-0.3, -0.25) is 4.79 Å². The highest BCUT2D eigenvalue weighted by atomic mass is 32.2. The zero-order valence-corrected chi connectivity index (χ0v) is 11.6. The molecule has 1 atom stereocenters. The van der Waals surface area contributed by atoms with Gasteiger partial charge in [0.05, 0.1) is 6.61 Å². The van der Waals surface area contributed by atoms with Crippen LogP contribution in [0.2, 0.25) is 0 Å². The molecule has 2 amide bonds. The molecule has 0 spiro atoms. The Morgan fingerprint density at radius 2 is 2.16 bits per heavy atom. The predicted octanol–water partition coefficient (Wildman–Crippen LogP) is -2.00. The summed E-state index contributed by atoms with van der Waals surface area (Å²) in [6.07, 6.45) is -1.06. The molecule has 0 aliphatic carbocycles. The van der Waals surface area contributed by atoms with Crippen LogP contribution in [0.15, 0.2) is 0 Å². The molecule has 9 nitrogen and oxygen atoms in total. The van der Waals surface area contributed by atoms with Crippen LogP contribution in [0.4, 0.5) is 4.79 Å². The van der Waals surface area contributed by atoms with Gasteiger partial charge in [-0.05, 0) is 6.92 Å². The molecular weight excluding hydrogens is 276 g/mol. The molecule has 0 aromatic rings. The second kappa shape index (κ2) is 6.68. The first kappa shape index (κ1) is 15.7. The van der Waals surface area contributed by atoms with Gasteiger partial charge in [0.15, 0.2) is 0 Å². The van der Waals surface area contributed by atoms with Gasteiger partial charge in [-0.2, -0.15) is 12.7 Å². The zero-order chi connectivity index (χ0) is 14.5. The number of carbonyl (C=O) groups is 2. The lowest BCUT2D eigenvalue weighted by Crippen LogP contribution is -2.61. The molecule has 1 aliphatic heterocycles. The highest BCUT2D eigenvalue weighted by molar-refractivity contribution is 7.87. The molecule has 110 valence electrons. The maximum absolute atomic E-state index is 12.0. The fraction of sp³-hybridized carbons (Fsp3) is 0.778. The largest absolute Gasteiger partial charge is 0.449 e. The molecule has 0 aromatic carbocycles. The van der Waals surface area contributed by atoms with E-state index in [1.54, 1.807) is 11.6 Å². The van der Waals surface area contributed by atoms with Crippen molar-refractivity contribution in [3.05, 3.63) is 0 Å². The van der Waals surface area contributed by atoms with Crippen molar-refractivity contribution in [1.82, 2.24) is 19.7 Å². The van der Waals surface area contributed by atoms with Crippen LogP contribution in [0.1, 0.15) is 6.92 Å². The Kier molecular flexibility index (Phi) is 5.51. The number of rotatable bonds is 4. The van der Waals surface area contributed by atoms with E-state index in [1.807, 2.05) is 0 Å². The molecule has 0 bridgehead atoms. The highest BCUT2D eigenvalue weighted by Gasteiger charge is 2.37. The lowest BCUT2D eigenvalue weighted by atomic mass is 10.2. The van der Waals surface area contributed by atoms with E-state index >= 15 is 0 Å². The summed E-state index contributed by atoms with van der Waals surface area (Å²) in [5, 5.41) is 5.31. The van der Waals surface area contributed by atoms with Crippen LogP contribution < -0.4 is 15.4 Å². The number of nitrogens with one attached hydrogen (secondary N) is 3. The van der Waals surface area contributed by atoms with Crippen LogP contribution in [0.25, 0.3) is 0 Å². The summed E-state index contributed by atoms with van der Waals surface area (Å²) in [6, 6.07) is -0.898. The Hall–Kier alpha value is -1.39. The van der Waals surface area contributed by atoms with Crippen LogP contribution in [0, 0.1) is 0 Å². The number of ether oxygens (including phenoxy) is 1. The molecule has 0 radical (unpaired) electrons. The topological polar surface area (TPSA) is 117 Å². The van der Waals surface area contributed by atoms with Gasteiger partial charge in [0, 0.05) is 26.7 Å². The Labute approximate surface area is 111 Å². The van der Waals surface area contributed by atoms with Gasteiger partial charge in [-0.15, -0.1) is 0 Å². The lowest BCUT2D eigenvalue weighted by molar-refractivity contribution is -0.124. The molecule has 10 heteroatoms. The number of piperazine rings is 1. The Morgan fingerprint density at radius 3 is 2.74 bits per heavy atom. The van der Waals surface area contributed by atoms with Gasteiger partial charge >= 0.3 is 16.3 Å². The molecular formula is C9H18N4O5S. The Bertz CT molecular complexity index is 438. The number of nitrogens with zero attached hydrogens (tertiary/aromatic N) is 1. The van der Waals surface area contributed by atoms with Crippen LogP contribution in [0.5, 0.6) is 0 Å². The highest BCUT2D eigenvalue weighted by Crippen LogP contribution is 2.09. The first-order valence-electron chi connectivity index (χ1n) is 5.81. The van der Waals surface area contributed by atoms with Crippen molar-refractivity contribution in [2.75, 3.05) is 33.3 Å². The van der Waals surface area contributed by atoms with E-state index < -0.39 is 28.3 Å². The first-order valence-corrected chi connectivity index (χ1v) is 7.25. The number of hydrogen-bond donors (Lipinski definition) is 3. The number of amides is 2. The van der Waals surface area contributed by atoms with Gasteiger partial charge in [0.1, 0.15) is 6.04 Å². The summed E-state index contributed by atoms with van der Waals surface area (Å²) in [4.78, 5) is 22.8. The van der Waals surface area contributed by atoms with E-state index in [4.69, 9.17) is 0 Å². The maximum atomic E-state index is 12.0. The number of likely N-dealkylation sites (N-methyl/N-ethyl adjacent to an activating group) is 1. The second-order valence-corrected chi connectivity index (χ2v) is 5.40. The van der Waals surface area contributed by atoms with Crippen molar-refractivity contribution in [3.8, 4) is 0 Å². The molecule has 1 fully saturated rings. The van der Waals surface area contributed by atoms with E-state index in [9.17, 15) is 18.0 Å². The molecule has 1 unspecified atom stereocenters. The smallest absolute Gasteiger partial charge is 0.421 e. The Morgan fingerprint density at radius 1 is 1.47 bits per heavy atom. The van der Waals surface area contributed by atoms with E-state index in [0.717, 1.165) is 4.31 Å². The fourth-order valence-electron chi connectivity index (χ4n) is 1.69. The minimum absolute atomic E-state index is 0.0573. The minimum Gasteiger partial charge on any atom is -0.449 e. The van der Waals surface area contributed by atoms with Crippen LogP contribution in [-0.2, 0) is 19.7 Å². The third-order valence-electron chi connectivity index (χ3n) is 2.54. The van der Waals surface area contributed by atoms with Gasteiger partial charge in [0.2, 0.25) is 5.91 Å². The summed E-state index contributed by atoms with van der Waals surface area (Å²) in [5.74, 6) is -0.443. The minimum atomic E-state index is -4.10. The fourth-order valence-corrected chi connectivity index (χ4v) is 2.91. The quantitative estimate of drug-likeness (QED) is 0.552. The molecule has 3 N–H and O–H groups in total. The third kappa shape index (κ3) is 4.04. The Balaban J connectivity index is 2.84. The predicted molar refractivity (Wildman–Crippen MR) is 66.5 cm³/mol. The van der Waals surface area contributed by atoms with Crippen LogP contribution in [0.3, 0.4) is 0 Å². The summed E-state index contributed by atoms with van der Waals surface area (Å²) in [7, 11) is -2.68. The van der Waals surface area contributed by atoms with Gasteiger partial charge in [-0.1, -0.05) is 0 Å². The summed E-state index contributed by atoms with van der Waals surface area (Å²) in [6.45, 7) is 2.29. The van der Waals surface area contributed by atoms with Crippen molar-refractivity contribution in [2.45, 2.75) is 13.0 Å². The lowest BCUT2D eigenvalue weighted by Gasteiger charge is -2.33. The standard InChI is InChI=1S/C9H18N4O5S/c1-3-18-9(15)12-19(16,17)13-5-4-11-6-7(13)8(14)10-2/h7,11H,3-6H2,1-2H3,(H,10,14)(H,12,15). The summed E-state index contributed by atoms with van der Waals surface area (Å²) < 4.78 is 31.2. The summed E-state index contributed by atoms with van der Waals surface area (Å²) in [5.41, 5.74) is 0. The monoisotopic (exact) mass is 294 g/mol. The van der Waals surface area contributed by atoms with Crippen molar-refractivity contribution in [2.24, 2.45) is 0 Å². The molecule has 0 saturated carbocycles. The number of hydrogen-bond acceptors (Lipinski definition) is 6. The molecule has 1 rings (SSSR count). The van der Waals surface area contributed by atoms with Crippen molar-refractivity contribution < 1.29 is 22.7 Å². The van der Waals surface area contributed by atoms with Crippen molar-refractivity contribution in [1.29, 1.82) is 0 Å². The zero-order valence-electron chi connectivity index (χ0n) is 10.8. The van der Waals surface area contributed by atoms with Crippen molar-refractivity contribution >= 4 is 22.2 Å². The average molecular weight is 294 g/mol. The SMILES string of the molecule is CCOC(=O)NS(=O)(=O)N1CCNCC1C(=O)NC. The molecule has 1 aliphatic rings. The molecule has 1 saturated heterocycles. The maximum Gasteiger partial charge on any atom is 0.421 e. The molecule has 0 aromatic heterocycles. The van der Waals surface area contributed by atoms with Crippen LogP contribution >= 0.6 is 0 Å². The normalized spacial score (nSPS) is 20.6. The summed E-state index contributed by atoms with van der Waals surface area (Å²) >= 11 is 0. The van der Waals surface area contributed by atoms with Gasteiger partial charge in [-0.25, -0.2) is 9.52 Å². The van der Waals surface area contributed by atoms with E-state index in [1.165, 1.54) is 7.05 Å². The van der Waals surface area contributed by atoms with E-state index in [0.29, 0.717) is 6.54 Å². The average Bonchev–Trinajstić information content (AvgIpc) is 2.37. The van der Waals surface area contributed by atoms with Gasteiger partial charge < -0.3 is 15.4 Å². The molecule has 1 heterocycles.